The van der Waals surface area contributed by atoms with Crippen molar-refractivity contribution in [2.45, 2.75) is 25.9 Å². The standard InChI is InChI=1S/C10H15N3O/c1-3-4-8(5-11)10(14)9-6-12-7-13(9)2/h6-8,10,14H,3-4H2,1-2H3. The minimum atomic E-state index is -0.729. The van der Waals surface area contributed by atoms with Gasteiger partial charge in [0.1, 0.15) is 6.10 Å². The van der Waals surface area contributed by atoms with Gasteiger partial charge in [-0.15, -0.1) is 0 Å². The molecular weight excluding hydrogens is 178 g/mol. The lowest BCUT2D eigenvalue weighted by Crippen LogP contribution is -2.13. The number of aromatic nitrogens is 2. The molecule has 0 aromatic carbocycles. The minimum Gasteiger partial charge on any atom is -0.385 e. The first-order valence-corrected chi connectivity index (χ1v) is 4.74. The van der Waals surface area contributed by atoms with E-state index in [9.17, 15) is 5.11 Å². The maximum absolute atomic E-state index is 9.90. The average molecular weight is 193 g/mol. The minimum absolute atomic E-state index is 0.338. The summed E-state index contributed by atoms with van der Waals surface area (Å²) in [5.74, 6) is -0.338. The predicted octanol–water partition coefficient (Wildman–Crippen LogP) is 1.39. The van der Waals surface area contributed by atoms with E-state index >= 15 is 0 Å². The molecule has 1 aromatic heterocycles. The number of aliphatic hydroxyl groups is 1. The highest BCUT2D eigenvalue weighted by atomic mass is 16.3. The molecule has 1 aromatic rings. The zero-order valence-electron chi connectivity index (χ0n) is 8.51. The molecule has 1 N–H and O–H groups in total. The Bertz CT molecular complexity index is 326. The van der Waals surface area contributed by atoms with Gasteiger partial charge in [0.15, 0.2) is 0 Å². The lowest BCUT2D eigenvalue weighted by molar-refractivity contribution is 0.122. The van der Waals surface area contributed by atoms with Crippen molar-refractivity contribution in [1.82, 2.24) is 9.55 Å². The third-order valence-electron chi connectivity index (χ3n) is 2.30. The van der Waals surface area contributed by atoms with Crippen LogP contribution < -0.4 is 0 Å². The van der Waals surface area contributed by atoms with Crippen LogP contribution in [0.25, 0.3) is 0 Å². The molecule has 0 amide bonds. The number of nitrogens with zero attached hydrogens (tertiary/aromatic N) is 3. The van der Waals surface area contributed by atoms with E-state index < -0.39 is 6.10 Å². The highest BCUT2D eigenvalue weighted by molar-refractivity contribution is 5.07. The predicted molar refractivity (Wildman–Crippen MR) is 52.2 cm³/mol. The summed E-state index contributed by atoms with van der Waals surface area (Å²) >= 11 is 0. The molecule has 4 heteroatoms. The Labute approximate surface area is 83.8 Å². The van der Waals surface area contributed by atoms with Gasteiger partial charge in [-0.25, -0.2) is 4.98 Å². The van der Waals surface area contributed by atoms with Gasteiger partial charge >= 0.3 is 0 Å². The van der Waals surface area contributed by atoms with Crippen LogP contribution in [0.5, 0.6) is 0 Å². The van der Waals surface area contributed by atoms with Crippen molar-refractivity contribution in [1.29, 1.82) is 5.26 Å². The average Bonchev–Trinajstić information content (AvgIpc) is 2.59. The smallest absolute Gasteiger partial charge is 0.111 e. The van der Waals surface area contributed by atoms with E-state index in [0.717, 1.165) is 6.42 Å². The van der Waals surface area contributed by atoms with Gasteiger partial charge < -0.3 is 9.67 Å². The maximum Gasteiger partial charge on any atom is 0.111 e. The van der Waals surface area contributed by atoms with E-state index in [4.69, 9.17) is 5.26 Å². The summed E-state index contributed by atoms with van der Waals surface area (Å²) in [5.41, 5.74) is 0.699. The lowest BCUT2D eigenvalue weighted by atomic mass is 9.97. The van der Waals surface area contributed by atoms with Crippen molar-refractivity contribution in [2.75, 3.05) is 0 Å². The van der Waals surface area contributed by atoms with Crippen LogP contribution in [0.1, 0.15) is 31.6 Å². The Morgan fingerprint density at radius 1 is 1.71 bits per heavy atom. The third kappa shape index (κ3) is 2.12. The van der Waals surface area contributed by atoms with Crippen molar-refractivity contribution in [3.63, 3.8) is 0 Å². The fourth-order valence-electron chi connectivity index (χ4n) is 1.46. The Kier molecular flexibility index (Phi) is 3.66. The van der Waals surface area contributed by atoms with E-state index in [1.54, 1.807) is 17.1 Å². The van der Waals surface area contributed by atoms with E-state index in [2.05, 4.69) is 11.1 Å². The molecule has 0 spiro atoms. The summed E-state index contributed by atoms with van der Waals surface area (Å²) in [6.07, 6.45) is 4.10. The van der Waals surface area contributed by atoms with Gasteiger partial charge in [0.2, 0.25) is 0 Å². The monoisotopic (exact) mass is 193 g/mol. The van der Waals surface area contributed by atoms with E-state index in [-0.39, 0.29) is 5.92 Å². The van der Waals surface area contributed by atoms with Gasteiger partial charge in [0.05, 0.1) is 30.2 Å². The Morgan fingerprint density at radius 2 is 2.43 bits per heavy atom. The molecule has 0 aliphatic carbocycles. The Balaban J connectivity index is 2.78. The number of aryl methyl sites for hydroxylation is 1. The van der Waals surface area contributed by atoms with Crippen LogP contribution in [0.4, 0.5) is 0 Å². The number of rotatable bonds is 4. The summed E-state index contributed by atoms with van der Waals surface area (Å²) in [7, 11) is 1.81. The number of nitriles is 1. The van der Waals surface area contributed by atoms with Crippen LogP contribution in [0.3, 0.4) is 0 Å². The summed E-state index contributed by atoms with van der Waals surface area (Å²) in [6, 6.07) is 2.13. The number of hydrogen-bond donors (Lipinski definition) is 1. The third-order valence-corrected chi connectivity index (χ3v) is 2.30. The highest BCUT2D eigenvalue weighted by Gasteiger charge is 2.21. The fourth-order valence-corrected chi connectivity index (χ4v) is 1.46. The topological polar surface area (TPSA) is 61.8 Å². The maximum atomic E-state index is 9.90. The molecule has 0 fully saturated rings. The van der Waals surface area contributed by atoms with Crippen LogP contribution in [-0.4, -0.2) is 14.7 Å². The van der Waals surface area contributed by atoms with Gasteiger partial charge in [-0.1, -0.05) is 13.3 Å². The first kappa shape index (κ1) is 10.7. The largest absolute Gasteiger partial charge is 0.385 e. The van der Waals surface area contributed by atoms with Crippen LogP contribution in [0, 0.1) is 17.2 Å². The van der Waals surface area contributed by atoms with Gasteiger partial charge in [-0.05, 0) is 6.42 Å². The zero-order chi connectivity index (χ0) is 10.6. The molecule has 0 aliphatic heterocycles. The number of hydrogen-bond acceptors (Lipinski definition) is 3. The summed E-state index contributed by atoms with van der Waals surface area (Å²) < 4.78 is 1.74. The van der Waals surface area contributed by atoms with E-state index in [0.29, 0.717) is 12.1 Å². The Hall–Kier alpha value is -1.34. The SMILES string of the molecule is CCCC(C#N)C(O)c1cncn1C. The van der Waals surface area contributed by atoms with E-state index in [1.807, 2.05) is 14.0 Å². The molecule has 0 bridgehead atoms. The number of aliphatic hydroxyl groups excluding tert-OH is 1. The van der Waals surface area contributed by atoms with Crippen LogP contribution in [-0.2, 0) is 7.05 Å². The van der Waals surface area contributed by atoms with Crippen LogP contribution in [0.2, 0.25) is 0 Å². The van der Waals surface area contributed by atoms with Gasteiger partial charge in [0, 0.05) is 7.05 Å². The molecule has 76 valence electrons. The van der Waals surface area contributed by atoms with Crippen molar-refractivity contribution >= 4 is 0 Å². The highest BCUT2D eigenvalue weighted by Crippen LogP contribution is 2.24. The van der Waals surface area contributed by atoms with Crippen molar-refractivity contribution in [3.8, 4) is 6.07 Å². The molecule has 1 heterocycles. The lowest BCUT2D eigenvalue weighted by Gasteiger charge is -2.15. The molecule has 0 aliphatic rings. The van der Waals surface area contributed by atoms with Crippen molar-refractivity contribution < 1.29 is 5.11 Å². The van der Waals surface area contributed by atoms with E-state index in [1.165, 1.54) is 0 Å². The van der Waals surface area contributed by atoms with Crippen LogP contribution in [0.15, 0.2) is 12.5 Å². The van der Waals surface area contributed by atoms with Gasteiger partial charge in [-0.2, -0.15) is 5.26 Å². The normalized spacial score (nSPS) is 14.7. The number of imidazole rings is 1. The molecule has 4 nitrogen and oxygen atoms in total. The van der Waals surface area contributed by atoms with Crippen molar-refractivity contribution in [2.24, 2.45) is 13.0 Å². The van der Waals surface area contributed by atoms with Crippen LogP contribution >= 0.6 is 0 Å². The molecule has 2 atom stereocenters. The summed E-state index contributed by atoms with van der Waals surface area (Å²) in [5, 5.41) is 18.8. The fraction of sp³-hybridized carbons (Fsp3) is 0.600. The molecule has 0 radical (unpaired) electrons. The summed E-state index contributed by atoms with van der Waals surface area (Å²) in [6.45, 7) is 2.00. The molecule has 0 saturated carbocycles. The second-order valence-corrected chi connectivity index (χ2v) is 3.40. The quantitative estimate of drug-likeness (QED) is 0.786. The first-order valence-electron chi connectivity index (χ1n) is 4.74. The van der Waals surface area contributed by atoms with Gasteiger partial charge in [-0.3, -0.25) is 0 Å². The molecular formula is C10H15N3O. The molecule has 14 heavy (non-hydrogen) atoms. The molecule has 2 unspecified atom stereocenters. The second kappa shape index (κ2) is 4.77. The second-order valence-electron chi connectivity index (χ2n) is 3.40. The molecule has 0 saturated heterocycles. The molecule has 1 rings (SSSR count). The zero-order valence-corrected chi connectivity index (χ0v) is 8.51. The first-order chi connectivity index (χ1) is 6.70. The Morgan fingerprint density at radius 3 is 2.86 bits per heavy atom. The van der Waals surface area contributed by atoms with Crippen molar-refractivity contribution in [3.05, 3.63) is 18.2 Å². The summed E-state index contributed by atoms with van der Waals surface area (Å²) in [4.78, 5) is 3.91. The van der Waals surface area contributed by atoms with Gasteiger partial charge in [0.25, 0.3) is 0 Å².